The number of para-hydroxylation sites is 1. The molecule has 1 atom stereocenters. The van der Waals surface area contributed by atoms with Crippen LogP contribution >= 0.6 is 24.8 Å². The van der Waals surface area contributed by atoms with Gasteiger partial charge in [0.05, 0.1) is 17.4 Å². The van der Waals surface area contributed by atoms with Gasteiger partial charge >= 0.3 is 0 Å². The maximum Gasteiger partial charge on any atom is 0.258 e. The summed E-state index contributed by atoms with van der Waals surface area (Å²) in [6.45, 7) is 4.82. The van der Waals surface area contributed by atoms with Crippen LogP contribution in [0.4, 0.5) is 0 Å². The smallest absolute Gasteiger partial charge is 0.258 e. The Morgan fingerprint density at radius 2 is 2.00 bits per heavy atom. The first kappa shape index (κ1) is 17.9. The molecule has 0 fully saturated rings. The van der Waals surface area contributed by atoms with Gasteiger partial charge in [0.2, 0.25) is 0 Å². The highest BCUT2D eigenvalue weighted by Gasteiger charge is 2.04. The van der Waals surface area contributed by atoms with Crippen LogP contribution in [0.2, 0.25) is 0 Å². The summed E-state index contributed by atoms with van der Waals surface area (Å²) in [6, 6.07) is 7.80. The van der Waals surface area contributed by atoms with E-state index in [9.17, 15) is 4.79 Å². The first-order chi connectivity index (χ1) is 8.20. The Hall–Kier alpha value is -1.10. The number of rotatable bonds is 4. The van der Waals surface area contributed by atoms with Gasteiger partial charge in [-0.1, -0.05) is 19.1 Å². The summed E-state index contributed by atoms with van der Waals surface area (Å²) in [5.41, 5.74) is 0.675. The minimum atomic E-state index is -0.0726. The molecule has 2 rings (SSSR count). The Bertz CT molecular complexity index is 571. The topological polar surface area (TPSA) is 57.8 Å². The molecule has 1 aromatic carbocycles. The van der Waals surface area contributed by atoms with Gasteiger partial charge in [0, 0.05) is 6.04 Å². The van der Waals surface area contributed by atoms with E-state index in [0.717, 1.165) is 11.9 Å². The predicted octanol–water partition coefficient (Wildman–Crippen LogP) is 2.65. The number of aromatic amines is 1. The Labute approximate surface area is 124 Å². The van der Waals surface area contributed by atoms with Gasteiger partial charge in [0.25, 0.3) is 5.56 Å². The molecule has 2 N–H and O–H groups in total. The van der Waals surface area contributed by atoms with Crippen LogP contribution in [0, 0.1) is 0 Å². The quantitative estimate of drug-likeness (QED) is 0.913. The minimum absolute atomic E-state index is 0. The van der Waals surface area contributed by atoms with Crippen LogP contribution in [-0.4, -0.2) is 16.0 Å². The minimum Gasteiger partial charge on any atom is -0.309 e. The highest BCUT2D eigenvalue weighted by molar-refractivity contribution is 5.85. The number of fused-ring (bicyclic) bond motifs is 1. The van der Waals surface area contributed by atoms with Crippen molar-refractivity contribution in [2.45, 2.75) is 32.9 Å². The standard InChI is InChI=1S/C13H17N3O.2ClH/c1-3-9(2)14-8-12-15-11-7-5-4-6-10(11)13(17)16-12;;/h4-7,9,14H,3,8H2,1-2H3,(H,15,16,17);2*1H. The molecule has 0 radical (unpaired) electrons. The Morgan fingerprint density at radius 1 is 1.32 bits per heavy atom. The van der Waals surface area contributed by atoms with E-state index in [2.05, 4.69) is 29.1 Å². The SMILES string of the molecule is CCC(C)NCc1nc2ccccc2c(=O)[nH]1.Cl.Cl. The summed E-state index contributed by atoms with van der Waals surface area (Å²) in [5.74, 6) is 0.689. The molecule has 0 aliphatic heterocycles. The van der Waals surface area contributed by atoms with E-state index in [-0.39, 0.29) is 30.4 Å². The lowest BCUT2D eigenvalue weighted by Crippen LogP contribution is -2.26. The zero-order chi connectivity index (χ0) is 12.3. The zero-order valence-electron chi connectivity index (χ0n) is 11.0. The molecule has 0 saturated carbocycles. The highest BCUT2D eigenvalue weighted by atomic mass is 35.5. The van der Waals surface area contributed by atoms with Crippen molar-refractivity contribution < 1.29 is 0 Å². The van der Waals surface area contributed by atoms with Gasteiger partial charge in [-0.3, -0.25) is 4.79 Å². The van der Waals surface area contributed by atoms with E-state index >= 15 is 0 Å². The number of H-pyrrole nitrogens is 1. The molecular formula is C13H19Cl2N3O. The third-order valence-electron chi connectivity index (χ3n) is 2.89. The Balaban J connectivity index is 0.00000162. The summed E-state index contributed by atoms with van der Waals surface area (Å²) in [5, 5.41) is 3.95. The van der Waals surface area contributed by atoms with Crippen molar-refractivity contribution in [1.29, 1.82) is 0 Å². The second kappa shape index (κ2) is 8.15. The van der Waals surface area contributed by atoms with Gasteiger partial charge in [-0.2, -0.15) is 0 Å². The van der Waals surface area contributed by atoms with Crippen molar-refractivity contribution in [2.75, 3.05) is 0 Å². The van der Waals surface area contributed by atoms with Crippen molar-refractivity contribution >= 4 is 35.7 Å². The van der Waals surface area contributed by atoms with Crippen molar-refractivity contribution in [2.24, 2.45) is 0 Å². The van der Waals surface area contributed by atoms with E-state index in [1.165, 1.54) is 0 Å². The summed E-state index contributed by atoms with van der Waals surface area (Å²) < 4.78 is 0. The lowest BCUT2D eigenvalue weighted by Gasteiger charge is -2.10. The van der Waals surface area contributed by atoms with Gasteiger partial charge in [-0.05, 0) is 25.5 Å². The summed E-state index contributed by atoms with van der Waals surface area (Å²) in [7, 11) is 0. The molecule has 6 heteroatoms. The van der Waals surface area contributed by atoms with Crippen LogP contribution in [0.15, 0.2) is 29.1 Å². The molecule has 0 amide bonds. The van der Waals surface area contributed by atoms with Crippen LogP contribution in [0.25, 0.3) is 10.9 Å². The summed E-state index contributed by atoms with van der Waals surface area (Å²) >= 11 is 0. The number of nitrogens with zero attached hydrogens (tertiary/aromatic N) is 1. The van der Waals surface area contributed by atoms with Crippen LogP contribution in [0.1, 0.15) is 26.1 Å². The lowest BCUT2D eigenvalue weighted by molar-refractivity contribution is 0.523. The molecule has 0 bridgehead atoms. The fourth-order valence-electron chi connectivity index (χ4n) is 1.63. The first-order valence-corrected chi connectivity index (χ1v) is 5.92. The third-order valence-corrected chi connectivity index (χ3v) is 2.89. The van der Waals surface area contributed by atoms with Crippen LogP contribution in [0.5, 0.6) is 0 Å². The van der Waals surface area contributed by atoms with Gasteiger partial charge in [0.15, 0.2) is 0 Å². The first-order valence-electron chi connectivity index (χ1n) is 5.92. The second-order valence-electron chi connectivity index (χ2n) is 4.22. The molecular weight excluding hydrogens is 285 g/mol. The van der Waals surface area contributed by atoms with Gasteiger partial charge in [0.1, 0.15) is 5.82 Å². The number of aromatic nitrogens is 2. The average Bonchev–Trinajstić information content (AvgIpc) is 2.36. The molecule has 106 valence electrons. The fourth-order valence-corrected chi connectivity index (χ4v) is 1.63. The zero-order valence-corrected chi connectivity index (χ0v) is 12.6. The van der Waals surface area contributed by atoms with Crippen LogP contribution < -0.4 is 10.9 Å². The molecule has 0 spiro atoms. The second-order valence-corrected chi connectivity index (χ2v) is 4.22. The lowest BCUT2D eigenvalue weighted by atomic mass is 10.2. The van der Waals surface area contributed by atoms with E-state index in [1.54, 1.807) is 6.07 Å². The monoisotopic (exact) mass is 303 g/mol. The Kier molecular flexibility index (Phi) is 7.68. The molecule has 0 aliphatic carbocycles. The van der Waals surface area contributed by atoms with Gasteiger partial charge in [-0.25, -0.2) is 4.98 Å². The fraction of sp³-hybridized carbons (Fsp3) is 0.385. The van der Waals surface area contributed by atoms with Crippen molar-refractivity contribution in [1.82, 2.24) is 15.3 Å². The maximum absolute atomic E-state index is 11.8. The number of benzene rings is 1. The number of halogens is 2. The highest BCUT2D eigenvalue weighted by Crippen LogP contribution is 2.05. The third kappa shape index (κ3) is 4.49. The molecule has 2 aromatic rings. The van der Waals surface area contributed by atoms with E-state index in [0.29, 0.717) is 23.8 Å². The Morgan fingerprint density at radius 3 is 2.68 bits per heavy atom. The number of nitrogens with one attached hydrogen (secondary N) is 2. The molecule has 1 heterocycles. The summed E-state index contributed by atoms with van der Waals surface area (Å²) in [6.07, 6.45) is 1.05. The number of hydrogen-bond acceptors (Lipinski definition) is 3. The molecule has 0 saturated heterocycles. The van der Waals surface area contributed by atoms with E-state index in [4.69, 9.17) is 0 Å². The van der Waals surface area contributed by atoms with Crippen molar-refractivity contribution in [3.8, 4) is 0 Å². The van der Waals surface area contributed by atoms with E-state index in [1.807, 2.05) is 18.2 Å². The normalized spacial score (nSPS) is 11.5. The maximum atomic E-state index is 11.8. The van der Waals surface area contributed by atoms with Crippen LogP contribution in [-0.2, 0) is 6.54 Å². The largest absolute Gasteiger partial charge is 0.309 e. The van der Waals surface area contributed by atoms with Crippen molar-refractivity contribution in [3.63, 3.8) is 0 Å². The number of hydrogen-bond donors (Lipinski definition) is 2. The van der Waals surface area contributed by atoms with E-state index < -0.39 is 0 Å². The molecule has 0 aliphatic rings. The summed E-state index contributed by atoms with van der Waals surface area (Å²) in [4.78, 5) is 19.0. The van der Waals surface area contributed by atoms with Gasteiger partial charge in [-0.15, -0.1) is 24.8 Å². The molecule has 1 unspecified atom stereocenters. The predicted molar refractivity (Wildman–Crippen MR) is 83.5 cm³/mol. The molecule has 19 heavy (non-hydrogen) atoms. The molecule has 1 aromatic heterocycles. The van der Waals surface area contributed by atoms with Crippen LogP contribution in [0.3, 0.4) is 0 Å². The molecule has 4 nitrogen and oxygen atoms in total. The average molecular weight is 304 g/mol. The van der Waals surface area contributed by atoms with Crippen molar-refractivity contribution in [3.05, 3.63) is 40.4 Å². The van der Waals surface area contributed by atoms with Gasteiger partial charge < -0.3 is 10.3 Å².